The Morgan fingerprint density at radius 3 is 2.76 bits per heavy atom. The molecule has 0 aliphatic rings. The van der Waals surface area contributed by atoms with Crippen molar-refractivity contribution >= 4 is 23.1 Å². The SMILES string of the molecule is Cc1ccc(CN(C)c2cc(N)cc(Cl)n2)o1. The Bertz CT molecular complexity index is 504. The van der Waals surface area contributed by atoms with E-state index in [2.05, 4.69) is 4.98 Å². The lowest BCUT2D eigenvalue weighted by Gasteiger charge is -2.17. The Morgan fingerprint density at radius 1 is 1.41 bits per heavy atom. The number of nitrogens with zero attached hydrogens (tertiary/aromatic N) is 2. The zero-order valence-corrected chi connectivity index (χ0v) is 10.5. The Morgan fingerprint density at radius 2 is 2.18 bits per heavy atom. The van der Waals surface area contributed by atoms with E-state index in [0.717, 1.165) is 17.3 Å². The van der Waals surface area contributed by atoms with Crippen LogP contribution in [0.15, 0.2) is 28.7 Å². The molecule has 2 aromatic heterocycles. The second kappa shape index (κ2) is 4.67. The fourth-order valence-corrected chi connectivity index (χ4v) is 1.80. The minimum absolute atomic E-state index is 0.391. The zero-order chi connectivity index (χ0) is 12.4. The van der Waals surface area contributed by atoms with Crippen molar-refractivity contribution in [1.29, 1.82) is 0 Å². The van der Waals surface area contributed by atoms with Gasteiger partial charge in [-0.3, -0.25) is 0 Å². The van der Waals surface area contributed by atoms with E-state index in [0.29, 0.717) is 17.4 Å². The molecule has 0 bridgehead atoms. The van der Waals surface area contributed by atoms with Gasteiger partial charge < -0.3 is 15.1 Å². The lowest BCUT2D eigenvalue weighted by atomic mass is 10.3. The third-order valence-electron chi connectivity index (χ3n) is 2.38. The highest BCUT2D eigenvalue weighted by atomic mass is 35.5. The summed E-state index contributed by atoms with van der Waals surface area (Å²) < 4.78 is 5.50. The maximum absolute atomic E-state index is 5.86. The summed E-state index contributed by atoms with van der Waals surface area (Å²) in [5, 5.41) is 0.391. The van der Waals surface area contributed by atoms with Crippen LogP contribution in [-0.2, 0) is 6.54 Å². The molecular weight excluding hydrogens is 238 g/mol. The molecule has 90 valence electrons. The van der Waals surface area contributed by atoms with Gasteiger partial charge in [0.15, 0.2) is 0 Å². The van der Waals surface area contributed by atoms with Gasteiger partial charge in [-0.25, -0.2) is 4.98 Å². The number of furan rings is 1. The molecule has 0 spiro atoms. The van der Waals surface area contributed by atoms with Gasteiger partial charge in [-0.05, 0) is 25.1 Å². The third-order valence-corrected chi connectivity index (χ3v) is 2.58. The maximum Gasteiger partial charge on any atom is 0.133 e. The first-order valence-corrected chi connectivity index (χ1v) is 5.62. The monoisotopic (exact) mass is 251 g/mol. The van der Waals surface area contributed by atoms with Gasteiger partial charge in [-0.1, -0.05) is 11.6 Å². The summed E-state index contributed by atoms with van der Waals surface area (Å²) in [6.45, 7) is 2.54. The number of aromatic nitrogens is 1. The van der Waals surface area contributed by atoms with Crippen molar-refractivity contribution in [3.05, 3.63) is 40.9 Å². The van der Waals surface area contributed by atoms with E-state index >= 15 is 0 Å². The summed E-state index contributed by atoms with van der Waals surface area (Å²) in [7, 11) is 1.91. The van der Waals surface area contributed by atoms with Gasteiger partial charge in [0, 0.05) is 18.8 Å². The molecule has 0 saturated heterocycles. The number of nitrogens with two attached hydrogens (primary N) is 1. The van der Waals surface area contributed by atoms with Crippen LogP contribution in [0.3, 0.4) is 0 Å². The van der Waals surface area contributed by atoms with Crippen molar-refractivity contribution < 1.29 is 4.42 Å². The number of halogens is 1. The molecule has 17 heavy (non-hydrogen) atoms. The number of pyridine rings is 1. The molecule has 5 heteroatoms. The molecule has 2 N–H and O–H groups in total. The second-order valence-electron chi connectivity index (χ2n) is 3.95. The molecule has 0 aliphatic heterocycles. The predicted octanol–water partition coefficient (Wildman–Crippen LogP) is 2.86. The van der Waals surface area contributed by atoms with Gasteiger partial charge in [-0.15, -0.1) is 0 Å². The number of aryl methyl sites for hydroxylation is 1. The molecule has 4 nitrogen and oxygen atoms in total. The summed E-state index contributed by atoms with van der Waals surface area (Å²) in [5.41, 5.74) is 6.32. The molecule has 0 atom stereocenters. The predicted molar refractivity (Wildman–Crippen MR) is 69.2 cm³/mol. The first-order chi connectivity index (χ1) is 8.04. The van der Waals surface area contributed by atoms with Crippen LogP contribution in [-0.4, -0.2) is 12.0 Å². The van der Waals surface area contributed by atoms with E-state index in [4.69, 9.17) is 21.8 Å². The highest BCUT2D eigenvalue weighted by Gasteiger charge is 2.08. The van der Waals surface area contributed by atoms with Crippen LogP contribution in [0, 0.1) is 6.92 Å². The van der Waals surface area contributed by atoms with Gasteiger partial charge in [0.1, 0.15) is 22.5 Å². The number of hydrogen-bond donors (Lipinski definition) is 1. The van der Waals surface area contributed by atoms with E-state index in [-0.39, 0.29) is 0 Å². The Hall–Kier alpha value is -1.68. The molecule has 0 aromatic carbocycles. The second-order valence-corrected chi connectivity index (χ2v) is 4.34. The van der Waals surface area contributed by atoms with Gasteiger partial charge in [-0.2, -0.15) is 0 Å². The Balaban J connectivity index is 2.16. The van der Waals surface area contributed by atoms with Crippen LogP contribution in [0.5, 0.6) is 0 Å². The van der Waals surface area contributed by atoms with Crippen LogP contribution in [0.1, 0.15) is 11.5 Å². The van der Waals surface area contributed by atoms with Crippen LogP contribution < -0.4 is 10.6 Å². The van der Waals surface area contributed by atoms with Crippen LogP contribution in [0.4, 0.5) is 11.5 Å². The molecule has 2 heterocycles. The molecule has 0 amide bonds. The number of hydrogen-bond acceptors (Lipinski definition) is 4. The average molecular weight is 252 g/mol. The van der Waals surface area contributed by atoms with E-state index in [9.17, 15) is 0 Å². The molecule has 0 radical (unpaired) electrons. The molecule has 2 rings (SSSR count). The van der Waals surface area contributed by atoms with E-state index < -0.39 is 0 Å². The molecule has 0 fully saturated rings. The lowest BCUT2D eigenvalue weighted by molar-refractivity contribution is 0.481. The summed E-state index contributed by atoms with van der Waals surface area (Å²) in [4.78, 5) is 6.14. The average Bonchev–Trinajstić information content (AvgIpc) is 2.62. The van der Waals surface area contributed by atoms with Crippen molar-refractivity contribution in [1.82, 2.24) is 4.98 Å². The van der Waals surface area contributed by atoms with E-state index in [1.807, 2.05) is 31.0 Å². The molecule has 0 unspecified atom stereocenters. The van der Waals surface area contributed by atoms with Gasteiger partial charge in [0.2, 0.25) is 0 Å². The van der Waals surface area contributed by atoms with Crippen LogP contribution in [0.25, 0.3) is 0 Å². The first-order valence-electron chi connectivity index (χ1n) is 5.24. The van der Waals surface area contributed by atoms with Crippen molar-refractivity contribution in [2.75, 3.05) is 17.7 Å². The van der Waals surface area contributed by atoms with E-state index in [1.54, 1.807) is 12.1 Å². The zero-order valence-electron chi connectivity index (χ0n) is 9.77. The molecule has 0 saturated carbocycles. The molecular formula is C12H14ClN3O. The van der Waals surface area contributed by atoms with Crippen molar-refractivity contribution in [3.8, 4) is 0 Å². The van der Waals surface area contributed by atoms with Crippen molar-refractivity contribution in [3.63, 3.8) is 0 Å². The van der Waals surface area contributed by atoms with Gasteiger partial charge >= 0.3 is 0 Å². The smallest absolute Gasteiger partial charge is 0.133 e. The maximum atomic E-state index is 5.86. The fraction of sp³-hybridized carbons (Fsp3) is 0.250. The molecule has 0 aliphatic carbocycles. The summed E-state index contributed by atoms with van der Waals surface area (Å²) >= 11 is 5.86. The topological polar surface area (TPSA) is 55.3 Å². The summed E-state index contributed by atoms with van der Waals surface area (Å²) in [5.74, 6) is 2.50. The quantitative estimate of drug-likeness (QED) is 0.853. The number of anilines is 2. The van der Waals surface area contributed by atoms with Crippen molar-refractivity contribution in [2.24, 2.45) is 0 Å². The van der Waals surface area contributed by atoms with Crippen molar-refractivity contribution in [2.45, 2.75) is 13.5 Å². The lowest BCUT2D eigenvalue weighted by Crippen LogP contribution is -2.17. The Labute approximate surface area is 105 Å². The largest absolute Gasteiger partial charge is 0.464 e. The highest BCUT2D eigenvalue weighted by Crippen LogP contribution is 2.20. The standard InChI is InChI=1S/C12H14ClN3O/c1-8-3-4-10(17-8)7-16(2)12-6-9(14)5-11(13)15-12/h3-6H,7H2,1-2H3,(H2,14,15). The van der Waals surface area contributed by atoms with E-state index in [1.165, 1.54) is 0 Å². The Kier molecular flexibility index (Phi) is 3.24. The molecule has 2 aromatic rings. The van der Waals surface area contributed by atoms with Gasteiger partial charge in [0.25, 0.3) is 0 Å². The van der Waals surface area contributed by atoms with Crippen LogP contribution in [0.2, 0.25) is 5.15 Å². The number of rotatable bonds is 3. The normalized spacial score (nSPS) is 10.5. The highest BCUT2D eigenvalue weighted by molar-refractivity contribution is 6.29. The first kappa shape index (κ1) is 11.8. The minimum Gasteiger partial charge on any atom is -0.464 e. The van der Waals surface area contributed by atoms with Gasteiger partial charge in [0.05, 0.1) is 6.54 Å². The summed E-state index contributed by atoms with van der Waals surface area (Å²) in [6.07, 6.45) is 0. The van der Waals surface area contributed by atoms with Crippen LogP contribution >= 0.6 is 11.6 Å². The third kappa shape index (κ3) is 2.91. The minimum atomic E-state index is 0.391. The fourth-order valence-electron chi connectivity index (χ4n) is 1.58. The summed E-state index contributed by atoms with van der Waals surface area (Å²) in [6, 6.07) is 7.28. The number of nitrogen functional groups attached to an aromatic ring is 1.